The van der Waals surface area contributed by atoms with Gasteiger partial charge in [-0.05, 0) is 64.4 Å². The number of carbonyl (C=O) groups is 1. The van der Waals surface area contributed by atoms with Crippen LogP contribution in [-0.4, -0.2) is 58.8 Å². The summed E-state index contributed by atoms with van der Waals surface area (Å²) in [4.78, 5) is 15.3. The van der Waals surface area contributed by atoms with Crippen molar-refractivity contribution >= 4 is 29.3 Å². The van der Waals surface area contributed by atoms with Crippen LogP contribution in [-0.2, 0) is 6.54 Å². The van der Waals surface area contributed by atoms with Gasteiger partial charge < -0.3 is 15.3 Å². The van der Waals surface area contributed by atoms with E-state index in [1.807, 2.05) is 39.0 Å². The SMILES string of the molecule is CC(C)(C)N(CCNC1CCN(Cc2ccc(Cl)c(Cl)c2)CC1)C(=O)O. The van der Waals surface area contributed by atoms with Crippen LogP contribution in [0.15, 0.2) is 18.2 Å². The van der Waals surface area contributed by atoms with Crippen molar-refractivity contribution in [2.45, 2.75) is 51.7 Å². The van der Waals surface area contributed by atoms with E-state index in [0.717, 1.165) is 32.5 Å². The molecule has 0 bridgehead atoms. The third-order valence-electron chi connectivity index (χ3n) is 4.79. The van der Waals surface area contributed by atoms with Gasteiger partial charge in [-0.3, -0.25) is 4.90 Å². The van der Waals surface area contributed by atoms with Crippen molar-refractivity contribution in [3.05, 3.63) is 33.8 Å². The lowest BCUT2D eigenvalue weighted by Gasteiger charge is -2.35. The standard InChI is InChI=1S/C19H29Cl2N3O2/c1-19(2,3)24(18(25)26)11-8-22-15-6-9-23(10-7-15)13-14-4-5-16(20)17(21)12-14/h4-5,12,15,22H,6-11,13H2,1-3H3,(H,25,26). The first-order valence-corrected chi connectivity index (χ1v) is 9.82. The van der Waals surface area contributed by atoms with Crippen molar-refractivity contribution < 1.29 is 9.90 Å². The van der Waals surface area contributed by atoms with Gasteiger partial charge in [0.05, 0.1) is 10.0 Å². The molecule has 1 aliphatic rings. The highest BCUT2D eigenvalue weighted by atomic mass is 35.5. The van der Waals surface area contributed by atoms with Crippen molar-refractivity contribution in [3.63, 3.8) is 0 Å². The maximum atomic E-state index is 11.4. The Morgan fingerprint density at radius 2 is 1.92 bits per heavy atom. The van der Waals surface area contributed by atoms with Crippen LogP contribution in [0.4, 0.5) is 4.79 Å². The Balaban J connectivity index is 1.73. The highest BCUT2D eigenvalue weighted by molar-refractivity contribution is 6.42. The lowest BCUT2D eigenvalue weighted by molar-refractivity contribution is 0.0990. The van der Waals surface area contributed by atoms with Gasteiger partial charge in [-0.15, -0.1) is 0 Å². The van der Waals surface area contributed by atoms with Gasteiger partial charge in [0.1, 0.15) is 0 Å². The number of hydrogen-bond donors (Lipinski definition) is 2. The first-order valence-electron chi connectivity index (χ1n) is 9.07. The number of rotatable bonds is 6. The molecule has 1 aromatic rings. The Morgan fingerprint density at radius 1 is 1.27 bits per heavy atom. The molecule has 0 aromatic heterocycles. The molecule has 0 atom stereocenters. The Labute approximate surface area is 166 Å². The maximum absolute atomic E-state index is 11.4. The van der Waals surface area contributed by atoms with Crippen LogP contribution in [0.1, 0.15) is 39.2 Å². The molecule has 146 valence electrons. The largest absolute Gasteiger partial charge is 0.465 e. The van der Waals surface area contributed by atoms with Gasteiger partial charge in [-0.2, -0.15) is 0 Å². The summed E-state index contributed by atoms with van der Waals surface area (Å²) in [6.07, 6.45) is 1.25. The predicted octanol–water partition coefficient (Wildman–Crippen LogP) is 4.33. The van der Waals surface area contributed by atoms with Crippen molar-refractivity contribution in [1.29, 1.82) is 0 Å². The molecule has 2 N–H and O–H groups in total. The van der Waals surface area contributed by atoms with Crippen LogP contribution in [0.25, 0.3) is 0 Å². The first kappa shape index (κ1) is 21.3. The quantitative estimate of drug-likeness (QED) is 0.744. The average molecular weight is 402 g/mol. The Morgan fingerprint density at radius 3 is 2.46 bits per heavy atom. The van der Waals surface area contributed by atoms with Gasteiger partial charge in [0.2, 0.25) is 0 Å². The number of halogens is 2. The molecule has 0 saturated carbocycles. The van der Waals surface area contributed by atoms with Crippen LogP contribution in [0.2, 0.25) is 10.0 Å². The molecule has 0 spiro atoms. The van der Waals surface area contributed by atoms with Gasteiger partial charge >= 0.3 is 6.09 Å². The maximum Gasteiger partial charge on any atom is 0.407 e. The van der Waals surface area contributed by atoms with Crippen LogP contribution in [0.5, 0.6) is 0 Å². The van der Waals surface area contributed by atoms with E-state index in [2.05, 4.69) is 10.2 Å². The van der Waals surface area contributed by atoms with E-state index in [4.69, 9.17) is 23.2 Å². The summed E-state index contributed by atoms with van der Waals surface area (Å²) in [6.45, 7) is 9.84. The summed E-state index contributed by atoms with van der Waals surface area (Å²) in [7, 11) is 0. The second-order valence-corrected chi connectivity index (χ2v) is 8.67. The smallest absolute Gasteiger partial charge is 0.407 e. The summed E-state index contributed by atoms with van der Waals surface area (Å²) < 4.78 is 0. The Hall–Kier alpha value is -1.01. The molecular weight excluding hydrogens is 373 g/mol. The molecule has 7 heteroatoms. The number of amides is 1. The minimum absolute atomic E-state index is 0.378. The second-order valence-electron chi connectivity index (χ2n) is 7.86. The van der Waals surface area contributed by atoms with Crippen LogP contribution in [0, 0.1) is 0 Å². The van der Waals surface area contributed by atoms with E-state index in [1.54, 1.807) is 0 Å². The van der Waals surface area contributed by atoms with Gasteiger partial charge in [-0.25, -0.2) is 4.79 Å². The lowest BCUT2D eigenvalue weighted by atomic mass is 10.0. The number of nitrogens with one attached hydrogen (secondary N) is 1. The second kappa shape index (κ2) is 9.27. The zero-order chi connectivity index (χ0) is 19.3. The average Bonchev–Trinajstić information content (AvgIpc) is 2.55. The summed E-state index contributed by atoms with van der Waals surface area (Å²) >= 11 is 12.1. The van der Waals surface area contributed by atoms with Crippen molar-refractivity contribution in [2.24, 2.45) is 0 Å². The molecule has 1 aliphatic heterocycles. The van der Waals surface area contributed by atoms with Gasteiger partial charge in [-0.1, -0.05) is 29.3 Å². The summed E-state index contributed by atoms with van der Waals surface area (Å²) in [5.41, 5.74) is 0.796. The molecule has 1 saturated heterocycles. The molecule has 26 heavy (non-hydrogen) atoms. The Bertz CT molecular complexity index is 611. The van der Waals surface area contributed by atoms with E-state index in [1.165, 1.54) is 10.5 Å². The monoisotopic (exact) mass is 401 g/mol. The van der Waals surface area contributed by atoms with Crippen LogP contribution >= 0.6 is 23.2 Å². The van der Waals surface area contributed by atoms with Crippen molar-refractivity contribution in [3.8, 4) is 0 Å². The van der Waals surface area contributed by atoms with Crippen LogP contribution < -0.4 is 5.32 Å². The number of hydrogen-bond acceptors (Lipinski definition) is 3. The number of nitrogens with zero attached hydrogens (tertiary/aromatic N) is 2. The number of carboxylic acid groups (broad SMARTS) is 1. The molecule has 2 rings (SSSR count). The van der Waals surface area contributed by atoms with Crippen molar-refractivity contribution in [2.75, 3.05) is 26.2 Å². The highest BCUT2D eigenvalue weighted by Crippen LogP contribution is 2.24. The van der Waals surface area contributed by atoms with Crippen molar-refractivity contribution in [1.82, 2.24) is 15.1 Å². The van der Waals surface area contributed by atoms with E-state index >= 15 is 0 Å². The van der Waals surface area contributed by atoms with E-state index in [-0.39, 0.29) is 5.54 Å². The predicted molar refractivity (Wildman–Crippen MR) is 107 cm³/mol. The van der Waals surface area contributed by atoms with E-state index in [9.17, 15) is 9.90 Å². The molecule has 0 radical (unpaired) electrons. The zero-order valence-electron chi connectivity index (χ0n) is 15.8. The minimum Gasteiger partial charge on any atom is -0.465 e. The Kier molecular flexibility index (Phi) is 7.59. The molecular formula is C19H29Cl2N3O2. The fourth-order valence-electron chi connectivity index (χ4n) is 3.29. The summed E-state index contributed by atoms with van der Waals surface area (Å²) in [5.74, 6) is 0. The van der Waals surface area contributed by atoms with Crippen LogP contribution in [0.3, 0.4) is 0 Å². The number of benzene rings is 1. The fraction of sp³-hybridized carbons (Fsp3) is 0.632. The van der Waals surface area contributed by atoms with Gasteiger partial charge in [0.25, 0.3) is 0 Å². The van der Waals surface area contributed by atoms with E-state index < -0.39 is 6.09 Å². The first-order chi connectivity index (χ1) is 12.2. The highest BCUT2D eigenvalue weighted by Gasteiger charge is 2.26. The number of likely N-dealkylation sites (tertiary alicyclic amines) is 1. The molecule has 1 aromatic carbocycles. The topological polar surface area (TPSA) is 55.8 Å². The molecule has 0 unspecified atom stereocenters. The lowest BCUT2D eigenvalue weighted by Crippen LogP contribution is -2.50. The summed E-state index contributed by atoms with van der Waals surface area (Å²) in [5, 5.41) is 14.0. The molecule has 5 nitrogen and oxygen atoms in total. The third kappa shape index (κ3) is 6.31. The molecule has 0 aliphatic carbocycles. The molecule has 1 fully saturated rings. The van der Waals surface area contributed by atoms with Gasteiger partial charge in [0, 0.05) is 31.2 Å². The molecule has 1 amide bonds. The van der Waals surface area contributed by atoms with E-state index in [0.29, 0.717) is 29.2 Å². The molecule has 1 heterocycles. The zero-order valence-corrected chi connectivity index (χ0v) is 17.3. The fourth-order valence-corrected chi connectivity index (χ4v) is 3.61. The van der Waals surface area contributed by atoms with Gasteiger partial charge in [0.15, 0.2) is 0 Å². The summed E-state index contributed by atoms with van der Waals surface area (Å²) in [6, 6.07) is 6.24. The minimum atomic E-state index is -0.865. The normalized spacial score (nSPS) is 16.7. The number of piperidine rings is 1. The third-order valence-corrected chi connectivity index (χ3v) is 5.53.